The van der Waals surface area contributed by atoms with Gasteiger partial charge in [-0.05, 0) is 49.9 Å². The number of hydrogen-bond acceptors (Lipinski definition) is 4. The zero-order chi connectivity index (χ0) is 19.6. The fourth-order valence-corrected chi connectivity index (χ4v) is 3.40. The van der Waals surface area contributed by atoms with Crippen LogP contribution in [0.2, 0.25) is 0 Å². The highest BCUT2D eigenvalue weighted by Gasteiger charge is 2.12. The van der Waals surface area contributed by atoms with E-state index in [9.17, 15) is 0 Å². The molecule has 29 heavy (non-hydrogen) atoms. The number of halogens is 1. The smallest absolute Gasteiger partial charge is 0.191 e. The topological polar surface area (TPSA) is 61.8 Å². The van der Waals surface area contributed by atoms with Crippen LogP contribution in [0.5, 0.6) is 5.75 Å². The van der Waals surface area contributed by atoms with Crippen molar-refractivity contribution in [3.05, 3.63) is 53.7 Å². The van der Waals surface area contributed by atoms with E-state index in [1.807, 2.05) is 31.3 Å². The molecule has 0 aliphatic carbocycles. The number of pyridine rings is 1. The van der Waals surface area contributed by atoms with Gasteiger partial charge in [-0.1, -0.05) is 18.2 Å². The lowest BCUT2D eigenvalue weighted by Crippen LogP contribution is -2.36. The summed E-state index contributed by atoms with van der Waals surface area (Å²) in [6, 6.07) is 12.3. The molecular weight excluding hydrogens is 477 g/mol. The number of rotatable bonds is 7. The number of aromatic nitrogens is 1. The van der Waals surface area contributed by atoms with Gasteiger partial charge < -0.3 is 20.3 Å². The van der Waals surface area contributed by atoms with Gasteiger partial charge in [-0.3, -0.25) is 4.99 Å². The molecule has 0 saturated carbocycles. The van der Waals surface area contributed by atoms with Crippen molar-refractivity contribution in [2.75, 3.05) is 31.6 Å². The summed E-state index contributed by atoms with van der Waals surface area (Å²) in [5.41, 5.74) is 2.32. The molecule has 6 nitrogen and oxygen atoms in total. The van der Waals surface area contributed by atoms with E-state index in [-0.39, 0.29) is 24.0 Å². The molecule has 0 spiro atoms. The van der Waals surface area contributed by atoms with E-state index >= 15 is 0 Å². The summed E-state index contributed by atoms with van der Waals surface area (Å²) in [5.74, 6) is 2.75. The van der Waals surface area contributed by atoms with Crippen molar-refractivity contribution in [1.82, 2.24) is 15.6 Å². The van der Waals surface area contributed by atoms with Crippen LogP contribution < -0.4 is 20.3 Å². The van der Waals surface area contributed by atoms with Crippen molar-refractivity contribution >= 4 is 35.8 Å². The molecule has 0 amide bonds. The van der Waals surface area contributed by atoms with Crippen LogP contribution in [-0.2, 0) is 13.1 Å². The molecule has 1 aliphatic rings. The Hall–Kier alpha value is -2.03. The molecule has 158 valence electrons. The van der Waals surface area contributed by atoms with Crippen LogP contribution in [0.4, 0.5) is 5.82 Å². The van der Waals surface area contributed by atoms with E-state index in [0.717, 1.165) is 36.2 Å². The third-order valence-corrected chi connectivity index (χ3v) is 4.89. The summed E-state index contributed by atoms with van der Waals surface area (Å²) in [7, 11) is 1.79. The molecule has 2 aromatic rings. The highest BCUT2D eigenvalue weighted by atomic mass is 127. The Morgan fingerprint density at radius 2 is 1.86 bits per heavy atom. The Balaban J connectivity index is 0.00000300. The number of aliphatic imine (C=N–C) groups is 1. The minimum absolute atomic E-state index is 0. The second-order valence-corrected chi connectivity index (χ2v) is 6.89. The lowest BCUT2D eigenvalue weighted by molar-refractivity contribution is 0.336. The third-order valence-electron chi connectivity index (χ3n) is 4.89. The predicted molar refractivity (Wildman–Crippen MR) is 130 cm³/mol. The second kappa shape index (κ2) is 12.5. The van der Waals surface area contributed by atoms with Crippen LogP contribution >= 0.6 is 24.0 Å². The van der Waals surface area contributed by atoms with Crippen LogP contribution in [0.15, 0.2) is 47.6 Å². The van der Waals surface area contributed by atoms with Crippen molar-refractivity contribution in [2.45, 2.75) is 39.3 Å². The number of guanidine groups is 1. The van der Waals surface area contributed by atoms with Gasteiger partial charge in [0.1, 0.15) is 11.6 Å². The van der Waals surface area contributed by atoms with Gasteiger partial charge in [0, 0.05) is 45.0 Å². The molecule has 1 fully saturated rings. The maximum absolute atomic E-state index is 5.69. The van der Waals surface area contributed by atoms with Gasteiger partial charge >= 0.3 is 0 Å². The fourth-order valence-electron chi connectivity index (χ4n) is 3.40. The zero-order valence-electron chi connectivity index (χ0n) is 17.4. The van der Waals surface area contributed by atoms with E-state index in [1.165, 1.54) is 24.8 Å². The number of para-hydroxylation sites is 1. The summed E-state index contributed by atoms with van der Waals surface area (Å²) in [6.07, 6.45) is 5.73. The van der Waals surface area contributed by atoms with Gasteiger partial charge in [0.2, 0.25) is 0 Å². The normalized spacial score (nSPS) is 14.1. The van der Waals surface area contributed by atoms with E-state index in [4.69, 9.17) is 4.74 Å². The lowest BCUT2D eigenvalue weighted by atomic mass is 10.1. The Bertz CT molecular complexity index is 777. The van der Waals surface area contributed by atoms with Gasteiger partial charge in [-0.25, -0.2) is 4.98 Å². The molecule has 0 atom stereocenters. The largest absolute Gasteiger partial charge is 0.494 e. The minimum atomic E-state index is 0. The molecule has 0 bridgehead atoms. The SMILES string of the molecule is CCOc1ccccc1CNC(=NC)NCc1ccnc(N2CCCCC2)c1.I. The molecule has 2 heterocycles. The van der Waals surface area contributed by atoms with Crippen LogP contribution in [0.3, 0.4) is 0 Å². The summed E-state index contributed by atoms with van der Waals surface area (Å²) < 4.78 is 5.69. The Morgan fingerprint density at radius 1 is 1.10 bits per heavy atom. The Kier molecular flexibility index (Phi) is 10.0. The number of piperidine rings is 1. The van der Waals surface area contributed by atoms with E-state index in [2.05, 4.69) is 43.7 Å². The number of hydrogen-bond donors (Lipinski definition) is 2. The van der Waals surface area contributed by atoms with Gasteiger partial charge in [0.25, 0.3) is 0 Å². The summed E-state index contributed by atoms with van der Waals surface area (Å²) in [4.78, 5) is 11.3. The maximum Gasteiger partial charge on any atom is 0.191 e. The van der Waals surface area contributed by atoms with E-state index in [0.29, 0.717) is 19.7 Å². The standard InChI is InChI=1S/C22H31N5O.HI/c1-3-28-20-10-6-5-9-19(20)17-26-22(23-2)25-16-18-11-12-24-21(15-18)27-13-7-4-8-14-27;/h5-6,9-12,15H,3-4,7-8,13-14,16-17H2,1-2H3,(H2,23,25,26);1H. The van der Waals surface area contributed by atoms with Crippen molar-refractivity contribution in [1.29, 1.82) is 0 Å². The fraction of sp³-hybridized carbons (Fsp3) is 0.455. The summed E-state index contributed by atoms with van der Waals surface area (Å²) in [6.45, 7) is 6.23. The molecular formula is C22H32IN5O. The first-order chi connectivity index (χ1) is 13.8. The first-order valence-corrected chi connectivity index (χ1v) is 10.1. The first kappa shape index (κ1) is 23.3. The molecule has 1 aliphatic heterocycles. The molecule has 2 N–H and O–H groups in total. The van der Waals surface area contributed by atoms with Crippen LogP contribution in [0.25, 0.3) is 0 Å². The number of ether oxygens (including phenoxy) is 1. The van der Waals surface area contributed by atoms with Gasteiger partial charge in [-0.2, -0.15) is 0 Å². The number of nitrogens with one attached hydrogen (secondary N) is 2. The van der Waals surface area contributed by atoms with Crippen molar-refractivity contribution < 1.29 is 4.74 Å². The lowest BCUT2D eigenvalue weighted by Gasteiger charge is -2.28. The Labute approximate surface area is 191 Å². The molecule has 1 aromatic carbocycles. The second-order valence-electron chi connectivity index (χ2n) is 6.89. The van der Waals surface area contributed by atoms with Crippen molar-refractivity contribution in [3.8, 4) is 5.75 Å². The molecule has 1 saturated heterocycles. The van der Waals surface area contributed by atoms with Gasteiger partial charge in [0.05, 0.1) is 6.61 Å². The van der Waals surface area contributed by atoms with Crippen LogP contribution in [-0.4, -0.2) is 37.7 Å². The van der Waals surface area contributed by atoms with Crippen molar-refractivity contribution in [3.63, 3.8) is 0 Å². The zero-order valence-corrected chi connectivity index (χ0v) is 19.7. The average molecular weight is 509 g/mol. The molecule has 0 radical (unpaired) electrons. The number of benzene rings is 1. The minimum Gasteiger partial charge on any atom is -0.494 e. The molecule has 3 rings (SSSR count). The monoisotopic (exact) mass is 509 g/mol. The number of nitrogens with zero attached hydrogens (tertiary/aromatic N) is 3. The number of anilines is 1. The van der Waals surface area contributed by atoms with Gasteiger partial charge in [0.15, 0.2) is 5.96 Å². The van der Waals surface area contributed by atoms with Crippen LogP contribution in [0, 0.1) is 0 Å². The Morgan fingerprint density at radius 3 is 2.62 bits per heavy atom. The molecule has 1 aromatic heterocycles. The van der Waals surface area contributed by atoms with E-state index in [1.54, 1.807) is 7.05 Å². The predicted octanol–water partition coefficient (Wildman–Crippen LogP) is 3.95. The third kappa shape index (κ3) is 7.06. The van der Waals surface area contributed by atoms with Crippen molar-refractivity contribution in [2.24, 2.45) is 4.99 Å². The molecule has 0 unspecified atom stereocenters. The highest BCUT2D eigenvalue weighted by Crippen LogP contribution is 2.19. The summed E-state index contributed by atoms with van der Waals surface area (Å²) >= 11 is 0. The van der Waals surface area contributed by atoms with Crippen LogP contribution in [0.1, 0.15) is 37.3 Å². The quantitative estimate of drug-likeness (QED) is 0.336. The molecule has 7 heteroatoms. The first-order valence-electron chi connectivity index (χ1n) is 10.1. The summed E-state index contributed by atoms with van der Waals surface area (Å²) in [5, 5.41) is 6.75. The average Bonchev–Trinajstić information content (AvgIpc) is 2.76. The maximum atomic E-state index is 5.69. The highest BCUT2D eigenvalue weighted by molar-refractivity contribution is 14.0. The van der Waals surface area contributed by atoms with E-state index < -0.39 is 0 Å². The van der Waals surface area contributed by atoms with Gasteiger partial charge in [-0.15, -0.1) is 24.0 Å².